The van der Waals surface area contributed by atoms with Gasteiger partial charge in [-0.1, -0.05) is 25.0 Å². The molecule has 0 radical (unpaired) electrons. The standard InChI is InChI=1S/C16H25N3O/c1-13(17-11-7-3-4-8-12-20)16-18-14-9-5-6-10-15(14)19(16)2/h5-6,9-10,13,17,20H,3-4,7-8,11-12H2,1-2H3. The van der Waals surface area contributed by atoms with E-state index in [0.717, 1.165) is 37.1 Å². The number of benzene rings is 1. The van der Waals surface area contributed by atoms with Crippen molar-refractivity contribution in [1.29, 1.82) is 0 Å². The smallest absolute Gasteiger partial charge is 0.126 e. The lowest BCUT2D eigenvalue weighted by atomic mass is 10.2. The van der Waals surface area contributed by atoms with E-state index in [4.69, 9.17) is 10.1 Å². The first-order valence-corrected chi connectivity index (χ1v) is 7.49. The first-order valence-electron chi connectivity index (χ1n) is 7.49. The molecule has 0 fully saturated rings. The number of aromatic nitrogens is 2. The van der Waals surface area contributed by atoms with E-state index in [1.807, 2.05) is 12.1 Å². The number of nitrogens with zero attached hydrogens (tertiary/aromatic N) is 2. The quantitative estimate of drug-likeness (QED) is 0.728. The van der Waals surface area contributed by atoms with Crippen molar-refractivity contribution < 1.29 is 5.11 Å². The van der Waals surface area contributed by atoms with E-state index in [-0.39, 0.29) is 6.04 Å². The molecule has 1 aromatic heterocycles. The molecule has 2 rings (SSSR count). The average Bonchev–Trinajstić information content (AvgIpc) is 2.80. The number of imidazole rings is 1. The Balaban J connectivity index is 1.88. The second kappa shape index (κ2) is 7.41. The molecular formula is C16H25N3O. The Morgan fingerprint density at radius 2 is 1.95 bits per heavy atom. The fraction of sp³-hybridized carbons (Fsp3) is 0.562. The van der Waals surface area contributed by atoms with Crippen molar-refractivity contribution >= 4 is 11.0 Å². The number of aliphatic hydroxyl groups excluding tert-OH is 1. The fourth-order valence-electron chi connectivity index (χ4n) is 2.55. The number of rotatable bonds is 8. The van der Waals surface area contributed by atoms with Crippen LogP contribution in [0, 0.1) is 0 Å². The Morgan fingerprint density at radius 3 is 2.70 bits per heavy atom. The molecule has 2 N–H and O–H groups in total. The number of nitrogens with one attached hydrogen (secondary N) is 1. The minimum atomic E-state index is 0.255. The summed E-state index contributed by atoms with van der Waals surface area (Å²) >= 11 is 0. The van der Waals surface area contributed by atoms with Crippen molar-refractivity contribution in [2.75, 3.05) is 13.2 Å². The van der Waals surface area contributed by atoms with Gasteiger partial charge in [0.25, 0.3) is 0 Å². The molecule has 0 spiro atoms. The summed E-state index contributed by atoms with van der Waals surface area (Å²) in [7, 11) is 2.07. The van der Waals surface area contributed by atoms with Gasteiger partial charge in [0.2, 0.25) is 0 Å². The summed E-state index contributed by atoms with van der Waals surface area (Å²) in [5.41, 5.74) is 2.24. The van der Waals surface area contributed by atoms with Crippen LogP contribution in [0.3, 0.4) is 0 Å². The zero-order chi connectivity index (χ0) is 14.4. The molecule has 0 aliphatic heterocycles. The molecule has 2 aromatic rings. The SMILES string of the molecule is CC(NCCCCCCO)c1nc2ccccc2n1C. The van der Waals surface area contributed by atoms with E-state index in [9.17, 15) is 0 Å². The van der Waals surface area contributed by atoms with Crippen LogP contribution in [0.1, 0.15) is 44.5 Å². The van der Waals surface area contributed by atoms with E-state index in [1.165, 1.54) is 11.9 Å². The lowest BCUT2D eigenvalue weighted by Crippen LogP contribution is -2.22. The van der Waals surface area contributed by atoms with Crippen LogP contribution >= 0.6 is 0 Å². The third kappa shape index (κ3) is 3.58. The molecule has 0 amide bonds. The van der Waals surface area contributed by atoms with E-state index in [1.54, 1.807) is 0 Å². The topological polar surface area (TPSA) is 50.1 Å². The van der Waals surface area contributed by atoms with E-state index in [0.29, 0.717) is 6.61 Å². The van der Waals surface area contributed by atoms with Crippen molar-refractivity contribution in [3.05, 3.63) is 30.1 Å². The van der Waals surface area contributed by atoms with Gasteiger partial charge in [-0.15, -0.1) is 0 Å². The van der Waals surface area contributed by atoms with Gasteiger partial charge in [-0.3, -0.25) is 0 Å². The van der Waals surface area contributed by atoms with Crippen LogP contribution in [-0.4, -0.2) is 27.8 Å². The third-order valence-electron chi connectivity index (χ3n) is 3.74. The van der Waals surface area contributed by atoms with Gasteiger partial charge < -0.3 is 15.0 Å². The average molecular weight is 275 g/mol. The lowest BCUT2D eigenvalue weighted by Gasteiger charge is -2.13. The Morgan fingerprint density at radius 1 is 1.20 bits per heavy atom. The molecule has 0 aliphatic rings. The molecule has 0 saturated heterocycles. The molecule has 0 aliphatic carbocycles. The molecule has 1 heterocycles. The third-order valence-corrected chi connectivity index (χ3v) is 3.74. The van der Waals surface area contributed by atoms with Gasteiger partial charge in [-0.05, 0) is 38.4 Å². The van der Waals surface area contributed by atoms with Crippen LogP contribution in [0.4, 0.5) is 0 Å². The number of hydrogen-bond donors (Lipinski definition) is 2. The first kappa shape index (κ1) is 15.0. The maximum atomic E-state index is 8.73. The number of aryl methyl sites for hydroxylation is 1. The molecule has 0 bridgehead atoms. The lowest BCUT2D eigenvalue weighted by molar-refractivity contribution is 0.282. The summed E-state index contributed by atoms with van der Waals surface area (Å²) in [6.45, 7) is 3.47. The minimum Gasteiger partial charge on any atom is -0.396 e. The summed E-state index contributed by atoms with van der Waals surface area (Å²) < 4.78 is 2.17. The van der Waals surface area contributed by atoms with Gasteiger partial charge in [0.05, 0.1) is 17.1 Å². The molecule has 0 saturated carbocycles. The van der Waals surface area contributed by atoms with Crippen molar-refractivity contribution in [3.63, 3.8) is 0 Å². The molecule has 110 valence electrons. The Labute approximate surface area is 120 Å². The second-order valence-corrected chi connectivity index (χ2v) is 5.33. The van der Waals surface area contributed by atoms with Crippen LogP contribution in [0.15, 0.2) is 24.3 Å². The van der Waals surface area contributed by atoms with Crippen LogP contribution in [0.2, 0.25) is 0 Å². The van der Waals surface area contributed by atoms with Crippen molar-refractivity contribution in [3.8, 4) is 0 Å². The predicted octanol–water partition coefficient (Wildman–Crippen LogP) is 2.78. The fourth-order valence-corrected chi connectivity index (χ4v) is 2.55. The maximum Gasteiger partial charge on any atom is 0.126 e. The van der Waals surface area contributed by atoms with E-state index < -0.39 is 0 Å². The predicted molar refractivity (Wildman–Crippen MR) is 82.7 cm³/mol. The largest absolute Gasteiger partial charge is 0.396 e. The maximum absolute atomic E-state index is 8.73. The molecular weight excluding hydrogens is 250 g/mol. The van der Waals surface area contributed by atoms with Gasteiger partial charge in [0.15, 0.2) is 0 Å². The summed E-state index contributed by atoms with van der Waals surface area (Å²) in [6.07, 6.45) is 4.34. The summed E-state index contributed by atoms with van der Waals surface area (Å²) in [5, 5.41) is 12.3. The van der Waals surface area contributed by atoms with Gasteiger partial charge in [0.1, 0.15) is 5.82 Å². The zero-order valence-corrected chi connectivity index (χ0v) is 12.5. The molecule has 4 nitrogen and oxygen atoms in total. The highest BCUT2D eigenvalue weighted by Crippen LogP contribution is 2.19. The van der Waals surface area contributed by atoms with E-state index in [2.05, 4.69) is 36.0 Å². The molecule has 4 heteroatoms. The highest BCUT2D eigenvalue weighted by molar-refractivity contribution is 5.75. The van der Waals surface area contributed by atoms with Crippen LogP contribution in [-0.2, 0) is 7.05 Å². The van der Waals surface area contributed by atoms with Crippen molar-refractivity contribution in [2.24, 2.45) is 7.05 Å². The number of para-hydroxylation sites is 2. The van der Waals surface area contributed by atoms with Gasteiger partial charge >= 0.3 is 0 Å². The Hall–Kier alpha value is -1.39. The molecule has 1 unspecified atom stereocenters. The summed E-state index contributed by atoms with van der Waals surface area (Å²) in [6, 6.07) is 8.49. The van der Waals surface area contributed by atoms with Crippen LogP contribution < -0.4 is 5.32 Å². The molecule has 1 atom stereocenters. The normalized spacial score (nSPS) is 12.9. The van der Waals surface area contributed by atoms with E-state index >= 15 is 0 Å². The number of fused-ring (bicyclic) bond motifs is 1. The Kier molecular flexibility index (Phi) is 5.56. The van der Waals surface area contributed by atoms with Gasteiger partial charge in [-0.2, -0.15) is 0 Å². The first-order chi connectivity index (χ1) is 9.74. The molecule has 1 aromatic carbocycles. The highest BCUT2D eigenvalue weighted by atomic mass is 16.2. The Bertz CT molecular complexity index is 536. The summed E-state index contributed by atoms with van der Waals surface area (Å²) in [4.78, 5) is 4.71. The van der Waals surface area contributed by atoms with Gasteiger partial charge in [-0.25, -0.2) is 4.98 Å². The molecule has 20 heavy (non-hydrogen) atoms. The summed E-state index contributed by atoms with van der Waals surface area (Å²) in [5.74, 6) is 1.08. The van der Waals surface area contributed by atoms with Crippen molar-refractivity contribution in [2.45, 2.75) is 38.6 Å². The van der Waals surface area contributed by atoms with Crippen LogP contribution in [0.25, 0.3) is 11.0 Å². The minimum absolute atomic E-state index is 0.255. The highest BCUT2D eigenvalue weighted by Gasteiger charge is 2.13. The number of unbranched alkanes of at least 4 members (excludes halogenated alkanes) is 3. The van der Waals surface area contributed by atoms with Crippen molar-refractivity contribution in [1.82, 2.24) is 14.9 Å². The number of hydrogen-bond acceptors (Lipinski definition) is 3. The second-order valence-electron chi connectivity index (χ2n) is 5.33. The van der Waals surface area contributed by atoms with Crippen LogP contribution in [0.5, 0.6) is 0 Å². The number of aliphatic hydroxyl groups is 1. The van der Waals surface area contributed by atoms with Gasteiger partial charge in [0, 0.05) is 13.7 Å². The zero-order valence-electron chi connectivity index (χ0n) is 12.5. The monoisotopic (exact) mass is 275 g/mol.